The van der Waals surface area contributed by atoms with Crippen molar-refractivity contribution in [2.24, 2.45) is 5.92 Å². The number of likely N-dealkylation sites (tertiary alicyclic amines) is 1. The maximum Gasteiger partial charge on any atom is 0.222 e. The number of halogens is 1. The Morgan fingerprint density at radius 3 is 2.67 bits per heavy atom. The van der Waals surface area contributed by atoms with E-state index in [0.717, 1.165) is 32.2 Å². The van der Waals surface area contributed by atoms with Crippen LogP contribution in [-0.2, 0) is 4.79 Å². The highest BCUT2D eigenvalue weighted by Crippen LogP contribution is 2.22. The highest BCUT2D eigenvalue weighted by Gasteiger charge is 2.28. The van der Waals surface area contributed by atoms with E-state index < -0.39 is 0 Å². The molecule has 21 heavy (non-hydrogen) atoms. The molecule has 1 amide bonds. The van der Waals surface area contributed by atoms with Crippen LogP contribution in [0.1, 0.15) is 49.4 Å². The summed E-state index contributed by atoms with van der Waals surface area (Å²) in [6, 6.07) is 5.66. The van der Waals surface area contributed by atoms with Gasteiger partial charge in [-0.05, 0) is 43.5 Å². The number of ketones is 1. The SMILES string of the molecule is CCCCC(=O)N1CCCC(C(=O)c2ccc(F)cc2)C1. The molecule has 0 spiro atoms. The van der Waals surface area contributed by atoms with Crippen LogP contribution in [0.3, 0.4) is 0 Å². The maximum absolute atomic E-state index is 12.9. The van der Waals surface area contributed by atoms with Crippen molar-refractivity contribution in [3.63, 3.8) is 0 Å². The third kappa shape index (κ3) is 4.13. The van der Waals surface area contributed by atoms with Gasteiger partial charge in [-0.25, -0.2) is 4.39 Å². The molecule has 0 aromatic heterocycles. The summed E-state index contributed by atoms with van der Waals surface area (Å²) in [5, 5.41) is 0. The van der Waals surface area contributed by atoms with Crippen molar-refractivity contribution in [3.05, 3.63) is 35.6 Å². The first-order valence-corrected chi connectivity index (χ1v) is 7.69. The Morgan fingerprint density at radius 2 is 2.00 bits per heavy atom. The van der Waals surface area contributed by atoms with E-state index in [0.29, 0.717) is 18.5 Å². The van der Waals surface area contributed by atoms with Crippen molar-refractivity contribution in [2.45, 2.75) is 39.0 Å². The molecule has 0 aliphatic carbocycles. The monoisotopic (exact) mass is 291 g/mol. The molecular formula is C17H22FNO2. The van der Waals surface area contributed by atoms with E-state index in [-0.39, 0.29) is 23.4 Å². The van der Waals surface area contributed by atoms with Crippen molar-refractivity contribution in [1.82, 2.24) is 4.90 Å². The Labute approximate surface area is 125 Å². The van der Waals surface area contributed by atoms with Gasteiger partial charge in [-0.2, -0.15) is 0 Å². The normalized spacial score (nSPS) is 18.6. The van der Waals surface area contributed by atoms with Gasteiger partial charge in [-0.3, -0.25) is 9.59 Å². The van der Waals surface area contributed by atoms with Crippen molar-refractivity contribution >= 4 is 11.7 Å². The van der Waals surface area contributed by atoms with Gasteiger partial charge in [0.25, 0.3) is 0 Å². The first-order chi connectivity index (χ1) is 10.1. The standard InChI is InChI=1S/C17H22FNO2/c1-2-3-6-16(20)19-11-4-5-14(12-19)17(21)13-7-9-15(18)10-8-13/h7-10,14H,2-6,11-12H2,1H3. The number of amides is 1. The van der Waals surface area contributed by atoms with E-state index in [1.165, 1.54) is 24.3 Å². The van der Waals surface area contributed by atoms with Crippen molar-refractivity contribution in [1.29, 1.82) is 0 Å². The molecule has 2 rings (SSSR count). The highest BCUT2D eigenvalue weighted by atomic mass is 19.1. The molecule has 0 bridgehead atoms. The highest BCUT2D eigenvalue weighted by molar-refractivity contribution is 5.98. The molecule has 1 fully saturated rings. The second kappa shape index (κ2) is 7.34. The fourth-order valence-corrected chi connectivity index (χ4v) is 2.75. The van der Waals surface area contributed by atoms with Crippen LogP contribution in [-0.4, -0.2) is 29.7 Å². The average molecular weight is 291 g/mol. The summed E-state index contributed by atoms with van der Waals surface area (Å²) in [7, 11) is 0. The largest absolute Gasteiger partial charge is 0.342 e. The minimum absolute atomic E-state index is 0.0167. The van der Waals surface area contributed by atoms with Gasteiger partial charge in [-0.15, -0.1) is 0 Å². The lowest BCUT2D eigenvalue weighted by atomic mass is 9.90. The van der Waals surface area contributed by atoms with Gasteiger partial charge in [0.15, 0.2) is 5.78 Å². The topological polar surface area (TPSA) is 37.4 Å². The molecule has 1 aliphatic rings. The fraction of sp³-hybridized carbons (Fsp3) is 0.529. The number of hydrogen-bond acceptors (Lipinski definition) is 2. The number of Topliss-reactive ketones (excluding diaryl/α,β-unsaturated/α-hetero) is 1. The average Bonchev–Trinajstić information content (AvgIpc) is 2.52. The summed E-state index contributed by atoms with van der Waals surface area (Å²) < 4.78 is 12.9. The van der Waals surface area contributed by atoms with Crippen LogP contribution in [0.25, 0.3) is 0 Å². The second-order valence-corrected chi connectivity index (χ2v) is 5.65. The zero-order valence-electron chi connectivity index (χ0n) is 12.5. The van der Waals surface area contributed by atoms with Crippen LogP contribution < -0.4 is 0 Å². The zero-order valence-corrected chi connectivity index (χ0v) is 12.5. The third-order valence-corrected chi connectivity index (χ3v) is 4.02. The molecule has 1 atom stereocenters. The number of unbranched alkanes of at least 4 members (excludes halogenated alkanes) is 1. The minimum atomic E-state index is -0.341. The van der Waals surface area contributed by atoms with E-state index in [1.54, 1.807) is 0 Å². The molecule has 0 radical (unpaired) electrons. The lowest BCUT2D eigenvalue weighted by Crippen LogP contribution is -2.42. The van der Waals surface area contributed by atoms with Crippen LogP contribution in [0, 0.1) is 11.7 Å². The van der Waals surface area contributed by atoms with Gasteiger partial charge in [0, 0.05) is 31.0 Å². The number of hydrogen-bond donors (Lipinski definition) is 0. The minimum Gasteiger partial charge on any atom is -0.342 e. The van der Waals surface area contributed by atoms with Crippen molar-refractivity contribution in [2.75, 3.05) is 13.1 Å². The smallest absolute Gasteiger partial charge is 0.222 e. The first kappa shape index (κ1) is 15.7. The van der Waals surface area contributed by atoms with Gasteiger partial charge in [0.1, 0.15) is 5.82 Å². The second-order valence-electron chi connectivity index (χ2n) is 5.65. The number of carbonyl (C=O) groups excluding carboxylic acids is 2. The summed E-state index contributed by atoms with van der Waals surface area (Å²) in [5.74, 6) is -0.335. The number of rotatable bonds is 5. The van der Waals surface area contributed by atoms with Crippen molar-refractivity contribution < 1.29 is 14.0 Å². The van der Waals surface area contributed by atoms with Gasteiger partial charge in [0.2, 0.25) is 5.91 Å². The number of benzene rings is 1. The Bertz CT molecular complexity index is 498. The number of nitrogens with zero attached hydrogens (tertiary/aromatic N) is 1. The van der Waals surface area contributed by atoms with Crippen LogP contribution in [0.4, 0.5) is 4.39 Å². The Balaban J connectivity index is 1.98. The molecule has 1 aromatic rings. The van der Waals surface area contributed by atoms with E-state index in [4.69, 9.17) is 0 Å². The van der Waals surface area contributed by atoms with Gasteiger partial charge >= 0.3 is 0 Å². The molecule has 1 saturated heterocycles. The van der Waals surface area contributed by atoms with E-state index in [2.05, 4.69) is 6.92 Å². The predicted molar refractivity (Wildman–Crippen MR) is 79.6 cm³/mol. The molecule has 0 N–H and O–H groups in total. The van der Waals surface area contributed by atoms with E-state index >= 15 is 0 Å². The quantitative estimate of drug-likeness (QED) is 0.779. The van der Waals surface area contributed by atoms with E-state index in [1.807, 2.05) is 4.90 Å². The molecule has 0 saturated carbocycles. The third-order valence-electron chi connectivity index (χ3n) is 4.02. The summed E-state index contributed by atoms with van der Waals surface area (Å²) in [4.78, 5) is 26.3. The van der Waals surface area contributed by atoms with Crippen LogP contribution >= 0.6 is 0 Å². The summed E-state index contributed by atoms with van der Waals surface area (Å²) in [5.41, 5.74) is 0.532. The van der Waals surface area contributed by atoms with Crippen LogP contribution in [0.5, 0.6) is 0 Å². The molecular weight excluding hydrogens is 269 g/mol. The molecule has 4 heteroatoms. The summed E-state index contributed by atoms with van der Waals surface area (Å²) in [6.07, 6.45) is 4.11. The Morgan fingerprint density at radius 1 is 1.29 bits per heavy atom. The van der Waals surface area contributed by atoms with Crippen LogP contribution in [0.2, 0.25) is 0 Å². The first-order valence-electron chi connectivity index (χ1n) is 7.69. The molecule has 1 unspecified atom stereocenters. The fourth-order valence-electron chi connectivity index (χ4n) is 2.75. The Hall–Kier alpha value is -1.71. The lowest BCUT2D eigenvalue weighted by molar-refractivity contribution is -0.132. The summed E-state index contributed by atoms with van der Waals surface area (Å²) in [6.45, 7) is 3.30. The van der Waals surface area contributed by atoms with Gasteiger partial charge in [0.05, 0.1) is 0 Å². The molecule has 114 valence electrons. The molecule has 1 aliphatic heterocycles. The number of carbonyl (C=O) groups is 2. The molecule has 1 heterocycles. The van der Waals surface area contributed by atoms with E-state index in [9.17, 15) is 14.0 Å². The lowest BCUT2D eigenvalue weighted by Gasteiger charge is -2.32. The predicted octanol–water partition coefficient (Wildman–Crippen LogP) is 3.44. The summed E-state index contributed by atoms with van der Waals surface area (Å²) >= 11 is 0. The molecule has 1 aromatic carbocycles. The van der Waals surface area contributed by atoms with Crippen LogP contribution in [0.15, 0.2) is 24.3 Å². The van der Waals surface area contributed by atoms with Gasteiger partial charge < -0.3 is 4.90 Å². The number of piperidine rings is 1. The zero-order chi connectivity index (χ0) is 15.2. The maximum atomic E-state index is 12.9. The Kier molecular flexibility index (Phi) is 5.48. The van der Waals surface area contributed by atoms with Crippen molar-refractivity contribution in [3.8, 4) is 0 Å². The van der Waals surface area contributed by atoms with Gasteiger partial charge in [-0.1, -0.05) is 13.3 Å². The molecule has 3 nitrogen and oxygen atoms in total.